The number of benzene rings is 1. The third kappa shape index (κ3) is 6.68. The van der Waals surface area contributed by atoms with Gasteiger partial charge in [-0.25, -0.2) is 0 Å². The molecule has 6 heteroatoms. The van der Waals surface area contributed by atoms with Crippen LogP contribution in [0.4, 0.5) is 5.69 Å². The van der Waals surface area contributed by atoms with Crippen LogP contribution in [0.5, 0.6) is 0 Å². The number of likely N-dealkylation sites (tertiary alicyclic amines) is 1. The van der Waals surface area contributed by atoms with Crippen molar-refractivity contribution < 1.29 is 14.3 Å². The molecule has 0 radical (unpaired) electrons. The van der Waals surface area contributed by atoms with Gasteiger partial charge in [0, 0.05) is 44.0 Å². The van der Waals surface area contributed by atoms with Gasteiger partial charge in [-0.1, -0.05) is 25.1 Å². The van der Waals surface area contributed by atoms with E-state index < -0.39 is 0 Å². The van der Waals surface area contributed by atoms with Crippen LogP contribution in [0, 0.1) is 0 Å². The molecule has 0 aliphatic carbocycles. The molecular weight excluding hydrogens is 366 g/mol. The Morgan fingerprint density at radius 2 is 1.93 bits per heavy atom. The van der Waals surface area contributed by atoms with E-state index >= 15 is 0 Å². The molecule has 1 aliphatic rings. The molecule has 0 bridgehead atoms. The van der Waals surface area contributed by atoms with E-state index in [-0.39, 0.29) is 30.8 Å². The lowest BCUT2D eigenvalue weighted by atomic mass is 10.1. The largest absolute Gasteiger partial charge is 0.373 e. The van der Waals surface area contributed by atoms with Crippen molar-refractivity contribution in [1.82, 2.24) is 9.88 Å². The average molecular weight is 396 g/mol. The molecule has 1 aliphatic heterocycles. The Morgan fingerprint density at radius 1 is 1.14 bits per heavy atom. The monoisotopic (exact) mass is 395 g/mol. The number of carbonyl (C=O) groups excluding carboxylic acids is 2. The SMILES string of the molecule is CCc1cccc(NC(=O)CCC(=O)N2CCC(OCc3cccnc3)CC2)c1. The van der Waals surface area contributed by atoms with Crippen LogP contribution in [-0.2, 0) is 27.4 Å². The van der Waals surface area contributed by atoms with Crippen molar-refractivity contribution in [3.63, 3.8) is 0 Å². The van der Waals surface area contributed by atoms with Gasteiger partial charge >= 0.3 is 0 Å². The van der Waals surface area contributed by atoms with Crippen LogP contribution in [0.1, 0.15) is 43.7 Å². The molecule has 0 saturated carbocycles. The number of piperidine rings is 1. The highest BCUT2D eigenvalue weighted by atomic mass is 16.5. The second-order valence-corrected chi connectivity index (χ2v) is 7.35. The number of aromatic nitrogens is 1. The van der Waals surface area contributed by atoms with E-state index in [1.165, 1.54) is 5.56 Å². The summed E-state index contributed by atoms with van der Waals surface area (Å²) in [7, 11) is 0. The van der Waals surface area contributed by atoms with Crippen LogP contribution in [0.2, 0.25) is 0 Å². The normalized spacial score (nSPS) is 14.6. The topological polar surface area (TPSA) is 71.5 Å². The summed E-state index contributed by atoms with van der Waals surface area (Å²) in [5.41, 5.74) is 3.02. The highest BCUT2D eigenvalue weighted by molar-refractivity contribution is 5.93. The average Bonchev–Trinajstić information content (AvgIpc) is 2.77. The molecule has 1 aromatic heterocycles. The summed E-state index contributed by atoms with van der Waals surface area (Å²) in [4.78, 5) is 30.5. The first-order valence-corrected chi connectivity index (χ1v) is 10.3. The van der Waals surface area contributed by atoms with Gasteiger partial charge in [0.2, 0.25) is 11.8 Å². The number of pyridine rings is 1. The van der Waals surface area contributed by atoms with Crippen molar-refractivity contribution >= 4 is 17.5 Å². The first kappa shape index (κ1) is 21.0. The molecule has 1 saturated heterocycles. The van der Waals surface area contributed by atoms with Crippen LogP contribution in [0.15, 0.2) is 48.8 Å². The molecule has 0 spiro atoms. The number of amides is 2. The van der Waals surface area contributed by atoms with Crippen LogP contribution in [-0.4, -0.2) is 40.9 Å². The van der Waals surface area contributed by atoms with E-state index in [1.807, 2.05) is 47.5 Å². The standard InChI is InChI=1S/C23H29N3O3/c1-2-18-5-3-7-20(15-18)25-22(27)8-9-23(28)26-13-10-21(11-14-26)29-17-19-6-4-12-24-16-19/h3-7,12,15-16,21H,2,8-11,13-14,17H2,1H3,(H,25,27). The summed E-state index contributed by atoms with van der Waals surface area (Å²) in [6.45, 7) is 3.98. The van der Waals surface area contributed by atoms with Crippen molar-refractivity contribution in [1.29, 1.82) is 0 Å². The highest BCUT2D eigenvalue weighted by Crippen LogP contribution is 2.17. The smallest absolute Gasteiger partial charge is 0.224 e. The summed E-state index contributed by atoms with van der Waals surface area (Å²) in [5.74, 6) is -0.0885. The molecule has 1 N–H and O–H groups in total. The lowest BCUT2D eigenvalue weighted by Gasteiger charge is -2.32. The Labute approximate surface area is 172 Å². The summed E-state index contributed by atoms with van der Waals surface area (Å²) in [6, 6.07) is 11.7. The Hall–Kier alpha value is -2.73. The number of nitrogens with one attached hydrogen (secondary N) is 1. The minimum absolute atomic E-state index is 0.0353. The van der Waals surface area contributed by atoms with Crippen molar-refractivity contribution in [2.24, 2.45) is 0 Å². The van der Waals surface area contributed by atoms with E-state index in [0.717, 1.165) is 30.5 Å². The molecule has 2 aromatic rings. The van der Waals surface area contributed by atoms with E-state index in [1.54, 1.807) is 6.20 Å². The van der Waals surface area contributed by atoms with E-state index in [2.05, 4.69) is 17.2 Å². The second-order valence-electron chi connectivity index (χ2n) is 7.35. The lowest BCUT2D eigenvalue weighted by molar-refractivity contribution is -0.135. The zero-order valence-electron chi connectivity index (χ0n) is 17.0. The quantitative estimate of drug-likeness (QED) is 0.742. The number of nitrogens with zero attached hydrogens (tertiary/aromatic N) is 2. The van der Waals surface area contributed by atoms with Crippen LogP contribution < -0.4 is 5.32 Å². The molecule has 0 atom stereocenters. The minimum atomic E-state index is -0.124. The van der Waals surface area contributed by atoms with Crippen LogP contribution >= 0.6 is 0 Å². The van der Waals surface area contributed by atoms with E-state index in [4.69, 9.17) is 4.74 Å². The Morgan fingerprint density at radius 3 is 2.66 bits per heavy atom. The maximum atomic E-state index is 12.4. The molecular formula is C23H29N3O3. The van der Waals surface area contributed by atoms with Crippen LogP contribution in [0.25, 0.3) is 0 Å². The van der Waals surface area contributed by atoms with Gasteiger partial charge in [-0.2, -0.15) is 0 Å². The number of rotatable bonds is 8. The van der Waals surface area contributed by atoms with Crippen molar-refractivity contribution in [2.45, 2.75) is 51.7 Å². The van der Waals surface area contributed by atoms with Gasteiger partial charge in [-0.05, 0) is 48.6 Å². The van der Waals surface area contributed by atoms with Gasteiger partial charge in [0.1, 0.15) is 0 Å². The van der Waals surface area contributed by atoms with Gasteiger partial charge in [0.25, 0.3) is 0 Å². The fourth-order valence-electron chi connectivity index (χ4n) is 3.44. The Bertz CT molecular complexity index is 802. The first-order valence-electron chi connectivity index (χ1n) is 10.3. The lowest BCUT2D eigenvalue weighted by Crippen LogP contribution is -2.41. The Kier molecular flexibility index (Phi) is 7.76. The third-order valence-corrected chi connectivity index (χ3v) is 5.19. The van der Waals surface area contributed by atoms with Crippen molar-refractivity contribution in [3.05, 3.63) is 59.9 Å². The van der Waals surface area contributed by atoms with Gasteiger partial charge < -0.3 is 15.0 Å². The number of hydrogen-bond donors (Lipinski definition) is 1. The zero-order valence-corrected chi connectivity index (χ0v) is 17.0. The summed E-state index contributed by atoms with van der Waals surface area (Å²) >= 11 is 0. The molecule has 2 heterocycles. The Balaban J connectivity index is 1.35. The molecule has 0 unspecified atom stereocenters. The predicted octanol–water partition coefficient (Wildman–Crippen LogP) is 3.57. The zero-order chi connectivity index (χ0) is 20.5. The molecule has 3 rings (SSSR count). The third-order valence-electron chi connectivity index (χ3n) is 5.19. The molecule has 1 aromatic carbocycles. The van der Waals surface area contributed by atoms with Gasteiger partial charge in [-0.3, -0.25) is 14.6 Å². The molecule has 6 nitrogen and oxygen atoms in total. The maximum Gasteiger partial charge on any atom is 0.224 e. The number of aryl methyl sites for hydroxylation is 1. The molecule has 154 valence electrons. The summed E-state index contributed by atoms with van der Waals surface area (Å²) in [5, 5.41) is 2.88. The van der Waals surface area contributed by atoms with Gasteiger partial charge in [0.05, 0.1) is 12.7 Å². The number of anilines is 1. The summed E-state index contributed by atoms with van der Waals surface area (Å²) in [6.07, 6.45) is 6.72. The van der Waals surface area contributed by atoms with Crippen LogP contribution in [0.3, 0.4) is 0 Å². The van der Waals surface area contributed by atoms with E-state index in [9.17, 15) is 9.59 Å². The van der Waals surface area contributed by atoms with E-state index in [0.29, 0.717) is 19.7 Å². The number of ether oxygens (including phenoxy) is 1. The summed E-state index contributed by atoms with van der Waals surface area (Å²) < 4.78 is 5.94. The predicted molar refractivity (Wildman–Crippen MR) is 112 cm³/mol. The maximum absolute atomic E-state index is 12.4. The molecule has 29 heavy (non-hydrogen) atoms. The highest BCUT2D eigenvalue weighted by Gasteiger charge is 2.23. The van der Waals surface area contributed by atoms with Gasteiger partial charge in [0.15, 0.2) is 0 Å². The minimum Gasteiger partial charge on any atom is -0.373 e. The van der Waals surface area contributed by atoms with Crippen molar-refractivity contribution in [2.75, 3.05) is 18.4 Å². The number of hydrogen-bond acceptors (Lipinski definition) is 4. The fraction of sp³-hybridized carbons (Fsp3) is 0.435. The fourth-order valence-corrected chi connectivity index (χ4v) is 3.44. The first-order chi connectivity index (χ1) is 14.1. The second kappa shape index (κ2) is 10.7. The van der Waals surface area contributed by atoms with Gasteiger partial charge in [-0.15, -0.1) is 0 Å². The number of carbonyl (C=O) groups is 2. The molecule has 1 fully saturated rings. The molecule has 2 amide bonds. The van der Waals surface area contributed by atoms with Crippen molar-refractivity contribution in [3.8, 4) is 0 Å².